The summed E-state index contributed by atoms with van der Waals surface area (Å²) in [6.07, 6.45) is 0.335. The molecular formula is C20H19N3O5. The molecule has 3 amide bonds. The van der Waals surface area contributed by atoms with Gasteiger partial charge in [-0.05, 0) is 30.7 Å². The monoisotopic (exact) mass is 381 g/mol. The first-order valence-electron chi connectivity index (χ1n) is 8.77. The zero-order chi connectivity index (χ0) is 20.4. The second kappa shape index (κ2) is 7.59. The van der Waals surface area contributed by atoms with Crippen LogP contribution in [-0.4, -0.2) is 34.6 Å². The normalized spacial score (nSPS) is 14.9. The molecule has 8 heteroatoms. The first kappa shape index (κ1) is 19.2. The number of carbonyl (C=O) groups is 3. The zero-order valence-corrected chi connectivity index (χ0v) is 15.5. The largest absolute Gasteiger partial charge is 0.335 e. The standard InChI is InChI=1S/C20H19N3O5/c1-13(14-5-3-8-17(11-14)23(27)28)21(2)20(26)15-6-4-7-16(12-15)22-18(24)9-10-19(22)25/h3-8,11-13H,9-10H2,1-2H3/t13-/m0/s1. The van der Waals surface area contributed by atoms with Crippen LogP contribution >= 0.6 is 0 Å². The quantitative estimate of drug-likeness (QED) is 0.450. The number of benzene rings is 2. The van der Waals surface area contributed by atoms with E-state index in [1.54, 1.807) is 44.3 Å². The van der Waals surface area contributed by atoms with E-state index >= 15 is 0 Å². The van der Waals surface area contributed by atoms with Gasteiger partial charge in [-0.3, -0.25) is 29.4 Å². The molecule has 0 aliphatic carbocycles. The molecule has 0 aromatic heterocycles. The van der Waals surface area contributed by atoms with Crippen LogP contribution in [-0.2, 0) is 9.59 Å². The Morgan fingerprint density at radius 2 is 1.75 bits per heavy atom. The first-order valence-corrected chi connectivity index (χ1v) is 8.77. The fraction of sp³-hybridized carbons (Fsp3) is 0.250. The number of nitro benzene ring substituents is 1. The predicted molar refractivity (Wildman–Crippen MR) is 102 cm³/mol. The van der Waals surface area contributed by atoms with E-state index in [1.807, 2.05) is 0 Å². The van der Waals surface area contributed by atoms with E-state index in [4.69, 9.17) is 0 Å². The molecule has 1 fully saturated rings. The summed E-state index contributed by atoms with van der Waals surface area (Å²) >= 11 is 0. The molecule has 0 radical (unpaired) electrons. The van der Waals surface area contributed by atoms with Crippen molar-refractivity contribution >= 4 is 29.1 Å². The van der Waals surface area contributed by atoms with Gasteiger partial charge in [0.25, 0.3) is 11.6 Å². The fourth-order valence-electron chi connectivity index (χ4n) is 3.14. The lowest BCUT2D eigenvalue weighted by Crippen LogP contribution is -2.31. The number of imide groups is 1. The van der Waals surface area contributed by atoms with Crippen molar-refractivity contribution in [1.29, 1.82) is 0 Å². The Bertz CT molecular complexity index is 956. The van der Waals surface area contributed by atoms with Crippen LogP contribution in [0, 0.1) is 10.1 Å². The Morgan fingerprint density at radius 1 is 1.11 bits per heavy atom. The van der Waals surface area contributed by atoms with Gasteiger partial charge in [0, 0.05) is 37.6 Å². The van der Waals surface area contributed by atoms with Crippen molar-refractivity contribution in [1.82, 2.24) is 4.90 Å². The topological polar surface area (TPSA) is 101 Å². The summed E-state index contributed by atoms with van der Waals surface area (Å²) in [5.74, 6) is -0.888. The Balaban J connectivity index is 1.84. The lowest BCUT2D eigenvalue weighted by molar-refractivity contribution is -0.384. The Morgan fingerprint density at radius 3 is 2.39 bits per heavy atom. The maximum atomic E-state index is 12.9. The summed E-state index contributed by atoms with van der Waals surface area (Å²) in [7, 11) is 1.60. The molecule has 1 aliphatic heterocycles. The van der Waals surface area contributed by atoms with E-state index in [-0.39, 0.29) is 36.3 Å². The van der Waals surface area contributed by atoms with Crippen LogP contribution in [0.15, 0.2) is 48.5 Å². The van der Waals surface area contributed by atoms with Gasteiger partial charge < -0.3 is 4.90 Å². The highest BCUT2D eigenvalue weighted by Crippen LogP contribution is 2.27. The van der Waals surface area contributed by atoms with E-state index < -0.39 is 11.0 Å². The molecule has 2 aromatic rings. The summed E-state index contributed by atoms with van der Waals surface area (Å²) in [5, 5.41) is 11.0. The summed E-state index contributed by atoms with van der Waals surface area (Å²) < 4.78 is 0. The third-order valence-electron chi connectivity index (χ3n) is 4.87. The Hall–Kier alpha value is -3.55. The van der Waals surface area contributed by atoms with Crippen LogP contribution in [0.5, 0.6) is 0 Å². The number of nitro groups is 1. The van der Waals surface area contributed by atoms with Crippen LogP contribution < -0.4 is 4.90 Å². The molecule has 1 saturated heterocycles. The lowest BCUT2D eigenvalue weighted by Gasteiger charge is -2.26. The first-order chi connectivity index (χ1) is 13.3. The van der Waals surface area contributed by atoms with Gasteiger partial charge in [0.1, 0.15) is 0 Å². The van der Waals surface area contributed by atoms with E-state index in [9.17, 15) is 24.5 Å². The summed E-state index contributed by atoms with van der Waals surface area (Å²) in [5.41, 5.74) is 1.28. The van der Waals surface area contributed by atoms with Gasteiger partial charge in [0.05, 0.1) is 16.7 Å². The predicted octanol–water partition coefficient (Wildman–Crippen LogP) is 3.08. The van der Waals surface area contributed by atoms with Crippen LogP contribution in [0.4, 0.5) is 11.4 Å². The molecule has 2 aromatic carbocycles. The van der Waals surface area contributed by atoms with Crippen LogP contribution in [0.3, 0.4) is 0 Å². The molecule has 0 saturated carbocycles. The molecule has 28 heavy (non-hydrogen) atoms. The van der Waals surface area contributed by atoms with Gasteiger partial charge in [-0.15, -0.1) is 0 Å². The molecule has 0 unspecified atom stereocenters. The molecular weight excluding hydrogens is 362 g/mol. The van der Waals surface area contributed by atoms with E-state index in [0.717, 1.165) is 4.90 Å². The summed E-state index contributed by atoms with van der Waals surface area (Å²) in [4.78, 5) is 49.8. The molecule has 0 N–H and O–H groups in total. The van der Waals surface area contributed by atoms with Crippen LogP contribution in [0.1, 0.15) is 41.7 Å². The second-order valence-electron chi connectivity index (χ2n) is 6.62. The number of amides is 3. The van der Waals surface area contributed by atoms with Crippen molar-refractivity contribution in [3.8, 4) is 0 Å². The maximum absolute atomic E-state index is 12.9. The number of anilines is 1. The molecule has 1 atom stereocenters. The lowest BCUT2D eigenvalue weighted by atomic mass is 10.1. The summed E-state index contributed by atoms with van der Waals surface area (Å²) in [6.45, 7) is 1.77. The SMILES string of the molecule is C[C@@H](c1cccc([N+](=O)[O-])c1)N(C)C(=O)c1cccc(N2C(=O)CCC2=O)c1. The highest BCUT2D eigenvalue weighted by atomic mass is 16.6. The van der Waals surface area contributed by atoms with E-state index in [2.05, 4.69) is 0 Å². The van der Waals surface area contributed by atoms with E-state index in [0.29, 0.717) is 16.8 Å². The number of hydrogen-bond donors (Lipinski definition) is 0. The van der Waals surface area contributed by atoms with Crippen LogP contribution in [0.2, 0.25) is 0 Å². The van der Waals surface area contributed by atoms with Crippen LogP contribution in [0.25, 0.3) is 0 Å². The van der Waals surface area contributed by atoms with Crippen molar-refractivity contribution < 1.29 is 19.3 Å². The molecule has 144 valence electrons. The number of nitrogens with zero attached hydrogens (tertiary/aromatic N) is 3. The molecule has 3 rings (SSSR count). The van der Waals surface area contributed by atoms with Crippen molar-refractivity contribution in [2.45, 2.75) is 25.8 Å². The van der Waals surface area contributed by atoms with Gasteiger partial charge in [0.15, 0.2) is 0 Å². The maximum Gasteiger partial charge on any atom is 0.269 e. The van der Waals surface area contributed by atoms with Crippen molar-refractivity contribution in [2.24, 2.45) is 0 Å². The Labute approximate surface area is 161 Å². The average molecular weight is 381 g/mol. The van der Waals surface area contributed by atoms with Crippen molar-refractivity contribution in [2.75, 3.05) is 11.9 Å². The summed E-state index contributed by atoms with van der Waals surface area (Å²) in [6, 6.07) is 12.1. The minimum atomic E-state index is -0.481. The van der Waals surface area contributed by atoms with Gasteiger partial charge in [-0.1, -0.05) is 18.2 Å². The van der Waals surface area contributed by atoms with E-state index in [1.165, 1.54) is 23.1 Å². The smallest absolute Gasteiger partial charge is 0.269 e. The minimum Gasteiger partial charge on any atom is -0.335 e. The highest BCUT2D eigenvalue weighted by molar-refractivity contribution is 6.20. The number of non-ortho nitro benzene ring substituents is 1. The molecule has 0 spiro atoms. The van der Waals surface area contributed by atoms with Gasteiger partial charge in [0.2, 0.25) is 11.8 Å². The average Bonchev–Trinajstić information content (AvgIpc) is 3.04. The van der Waals surface area contributed by atoms with Crippen molar-refractivity contribution in [3.63, 3.8) is 0 Å². The minimum absolute atomic E-state index is 0.0433. The molecule has 0 bridgehead atoms. The fourth-order valence-corrected chi connectivity index (χ4v) is 3.14. The number of carbonyl (C=O) groups excluding carboxylic acids is 3. The van der Waals surface area contributed by atoms with Gasteiger partial charge >= 0.3 is 0 Å². The van der Waals surface area contributed by atoms with Gasteiger partial charge in [-0.25, -0.2) is 0 Å². The Kier molecular flexibility index (Phi) is 5.21. The number of hydrogen-bond acceptors (Lipinski definition) is 5. The highest BCUT2D eigenvalue weighted by Gasteiger charge is 2.31. The third kappa shape index (κ3) is 3.62. The second-order valence-corrected chi connectivity index (χ2v) is 6.62. The third-order valence-corrected chi connectivity index (χ3v) is 4.87. The molecule has 1 heterocycles. The molecule has 8 nitrogen and oxygen atoms in total. The van der Waals surface area contributed by atoms with Gasteiger partial charge in [-0.2, -0.15) is 0 Å². The number of rotatable bonds is 5. The molecule has 1 aliphatic rings. The zero-order valence-electron chi connectivity index (χ0n) is 15.5. The van der Waals surface area contributed by atoms with Crippen molar-refractivity contribution in [3.05, 3.63) is 69.8 Å².